The van der Waals surface area contributed by atoms with Gasteiger partial charge in [0.2, 0.25) is 0 Å². The Hall–Kier alpha value is -0.0400. The smallest absolute Gasteiger partial charge is 0.00619 e. The highest BCUT2D eigenvalue weighted by atomic mass is 14.7. The summed E-state index contributed by atoms with van der Waals surface area (Å²) in [4.78, 5) is 0. The van der Waals surface area contributed by atoms with Gasteiger partial charge < -0.3 is 5.73 Å². The van der Waals surface area contributed by atoms with Crippen molar-refractivity contribution in [1.29, 1.82) is 0 Å². The van der Waals surface area contributed by atoms with Gasteiger partial charge in [0.15, 0.2) is 0 Å². The molecule has 0 aromatic rings. The summed E-state index contributed by atoms with van der Waals surface area (Å²) >= 11 is 0. The molecule has 1 nitrogen and oxygen atoms in total. The first-order valence-corrected chi connectivity index (χ1v) is 7.64. The molecular weight excluding hydrogens is 206 g/mol. The molecule has 4 saturated carbocycles. The largest absolute Gasteiger partial charge is 0.327 e. The van der Waals surface area contributed by atoms with E-state index >= 15 is 0 Å². The van der Waals surface area contributed by atoms with E-state index in [1.807, 2.05) is 0 Å². The van der Waals surface area contributed by atoms with Crippen LogP contribution in [0.2, 0.25) is 0 Å². The molecule has 0 aromatic heterocycles. The average Bonchev–Trinajstić information content (AvgIpc) is 2.12. The first-order valence-electron chi connectivity index (χ1n) is 7.64. The van der Waals surface area contributed by atoms with Crippen LogP contribution in [0.25, 0.3) is 0 Å². The zero-order valence-corrected chi connectivity index (χ0v) is 11.8. The average molecular weight is 235 g/mol. The van der Waals surface area contributed by atoms with Crippen molar-refractivity contribution in [3.05, 3.63) is 0 Å². The zero-order chi connectivity index (χ0) is 12.3. The van der Waals surface area contributed by atoms with Crippen molar-refractivity contribution < 1.29 is 0 Å². The Morgan fingerprint density at radius 2 is 1.47 bits per heavy atom. The minimum atomic E-state index is 0.325. The first-order chi connectivity index (χ1) is 7.89. The van der Waals surface area contributed by atoms with E-state index in [0.717, 1.165) is 17.8 Å². The maximum absolute atomic E-state index is 6.20. The van der Waals surface area contributed by atoms with Crippen molar-refractivity contribution in [3.63, 3.8) is 0 Å². The highest BCUT2D eigenvalue weighted by molar-refractivity contribution is 5.03. The van der Waals surface area contributed by atoms with Gasteiger partial charge in [-0.1, -0.05) is 13.8 Å². The van der Waals surface area contributed by atoms with Gasteiger partial charge in [-0.2, -0.15) is 0 Å². The molecule has 0 heterocycles. The molecule has 1 unspecified atom stereocenters. The normalized spacial score (nSPS) is 46.2. The SMILES string of the molecule is CC(N)C(C)(C)CC12CC3CC(CC(C3)C1)C2. The van der Waals surface area contributed by atoms with Crippen LogP contribution in [0.4, 0.5) is 0 Å². The Labute approximate surface area is 107 Å². The first kappa shape index (κ1) is 12.0. The minimum absolute atomic E-state index is 0.325. The lowest BCUT2D eigenvalue weighted by atomic mass is 9.47. The topological polar surface area (TPSA) is 26.0 Å². The van der Waals surface area contributed by atoms with Gasteiger partial charge >= 0.3 is 0 Å². The minimum Gasteiger partial charge on any atom is -0.327 e. The predicted octanol–water partition coefficient (Wildman–Crippen LogP) is 3.97. The van der Waals surface area contributed by atoms with Gasteiger partial charge in [0.1, 0.15) is 0 Å². The molecule has 0 radical (unpaired) electrons. The summed E-state index contributed by atoms with van der Waals surface area (Å²) < 4.78 is 0. The van der Waals surface area contributed by atoms with Gasteiger partial charge in [0, 0.05) is 6.04 Å². The molecule has 0 aliphatic heterocycles. The third kappa shape index (κ3) is 2.05. The quantitative estimate of drug-likeness (QED) is 0.787. The van der Waals surface area contributed by atoms with E-state index in [2.05, 4.69) is 20.8 Å². The zero-order valence-electron chi connectivity index (χ0n) is 11.8. The Morgan fingerprint density at radius 3 is 1.82 bits per heavy atom. The fourth-order valence-corrected chi connectivity index (χ4v) is 5.63. The van der Waals surface area contributed by atoms with E-state index in [1.165, 1.54) is 25.7 Å². The van der Waals surface area contributed by atoms with Crippen LogP contribution in [0.15, 0.2) is 0 Å². The van der Waals surface area contributed by atoms with E-state index in [0.29, 0.717) is 16.9 Å². The van der Waals surface area contributed by atoms with Crippen LogP contribution in [-0.4, -0.2) is 6.04 Å². The maximum Gasteiger partial charge on any atom is 0.00619 e. The number of hydrogen-bond acceptors (Lipinski definition) is 1. The van der Waals surface area contributed by atoms with E-state index in [-0.39, 0.29) is 0 Å². The molecule has 4 fully saturated rings. The Bertz CT molecular complexity index is 267. The number of hydrogen-bond donors (Lipinski definition) is 1. The summed E-state index contributed by atoms with van der Waals surface area (Å²) in [5.41, 5.74) is 7.21. The van der Waals surface area contributed by atoms with Gasteiger partial charge in [-0.15, -0.1) is 0 Å². The number of rotatable bonds is 3. The molecule has 1 atom stereocenters. The fraction of sp³-hybridized carbons (Fsp3) is 1.00. The fourth-order valence-electron chi connectivity index (χ4n) is 5.63. The standard InChI is InChI=1S/C16H29N/c1-11(17)15(2,3)10-16-7-12-4-13(8-16)6-14(5-12)9-16/h11-14H,4-10,17H2,1-3H3. The summed E-state index contributed by atoms with van der Waals surface area (Å²) in [6.45, 7) is 6.97. The predicted molar refractivity (Wildman–Crippen MR) is 72.7 cm³/mol. The van der Waals surface area contributed by atoms with Crippen LogP contribution in [0.3, 0.4) is 0 Å². The molecule has 98 valence electrons. The van der Waals surface area contributed by atoms with E-state index in [1.54, 1.807) is 19.3 Å². The second kappa shape index (κ2) is 3.73. The summed E-state index contributed by atoms with van der Waals surface area (Å²) in [6.07, 6.45) is 10.6. The number of nitrogens with two attached hydrogens (primary N) is 1. The van der Waals surface area contributed by atoms with Gasteiger partial charge in [-0.3, -0.25) is 0 Å². The third-order valence-corrected chi connectivity index (χ3v) is 6.23. The molecular formula is C16H29N. The lowest BCUT2D eigenvalue weighted by molar-refractivity contribution is -0.0764. The molecule has 4 rings (SSSR count). The molecule has 17 heavy (non-hydrogen) atoms. The van der Waals surface area contributed by atoms with Gasteiger partial charge in [0.05, 0.1) is 0 Å². The van der Waals surface area contributed by atoms with Crippen LogP contribution in [-0.2, 0) is 0 Å². The van der Waals surface area contributed by atoms with Crippen LogP contribution in [0.5, 0.6) is 0 Å². The Kier molecular flexibility index (Phi) is 2.63. The highest BCUT2D eigenvalue weighted by Crippen LogP contribution is 2.63. The monoisotopic (exact) mass is 235 g/mol. The molecule has 2 N–H and O–H groups in total. The lowest BCUT2D eigenvalue weighted by Gasteiger charge is -2.59. The van der Waals surface area contributed by atoms with Crippen molar-refractivity contribution >= 4 is 0 Å². The van der Waals surface area contributed by atoms with Crippen LogP contribution < -0.4 is 5.73 Å². The van der Waals surface area contributed by atoms with Crippen molar-refractivity contribution in [3.8, 4) is 0 Å². The van der Waals surface area contributed by atoms with Crippen molar-refractivity contribution in [1.82, 2.24) is 0 Å². The molecule has 0 saturated heterocycles. The Morgan fingerprint density at radius 1 is 1.06 bits per heavy atom. The molecule has 0 spiro atoms. The summed E-state index contributed by atoms with van der Waals surface area (Å²) in [7, 11) is 0. The van der Waals surface area contributed by atoms with Crippen LogP contribution in [0.1, 0.15) is 65.7 Å². The highest BCUT2D eigenvalue weighted by Gasteiger charge is 2.52. The molecule has 1 heteroatoms. The molecule has 0 aromatic carbocycles. The van der Waals surface area contributed by atoms with Gasteiger partial charge in [0.25, 0.3) is 0 Å². The van der Waals surface area contributed by atoms with E-state index in [4.69, 9.17) is 5.73 Å². The second-order valence-corrected chi connectivity index (χ2v) is 8.37. The third-order valence-electron chi connectivity index (χ3n) is 6.23. The van der Waals surface area contributed by atoms with Crippen molar-refractivity contribution in [2.75, 3.05) is 0 Å². The van der Waals surface area contributed by atoms with E-state index < -0.39 is 0 Å². The second-order valence-electron chi connectivity index (χ2n) is 8.37. The van der Waals surface area contributed by atoms with Gasteiger partial charge in [-0.25, -0.2) is 0 Å². The van der Waals surface area contributed by atoms with E-state index in [9.17, 15) is 0 Å². The van der Waals surface area contributed by atoms with Gasteiger partial charge in [-0.05, 0) is 80.5 Å². The van der Waals surface area contributed by atoms with Crippen LogP contribution in [0, 0.1) is 28.6 Å². The van der Waals surface area contributed by atoms with Crippen LogP contribution >= 0.6 is 0 Å². The summed E-state index contributed by atoms with van der Waals surface area (Å²) in [5, 5.41) is 0. The van der Waals surface area contributed by atoms with Crippen molar-refractivity contribution in [2.24, 2.45) is 34.3 Å². The lowest BCUT2D eigenvalue weighted by Crippen LogP contribution is -2.49. The Balaban J connectivity index is 1.78. The molecule has 4 aliphatic carbocycles. The molecule has 4 bridgehead atoms. The molecule has 4 aliphatic rings. The summed E-state index contributed by atoms with van der Waals surface area (Å²) in [6, 6.07) is 0.329. The summed E-state index contributed by atoms with van der Waals surface area (Å²) in [5.74, 6) is 3.22. The van der Waals surface area contributed by atoms with Crippen molar-refractivity contribution in [2.45, 2.75) is 71.8 Å². The molecule has 0 amide bonds. The maximum atomic E-state index is 6.20.